The Balaban J connectivity index is 2.55. The number of hydrogen-bond acceptors (Lipinski definition) is 3. The molecule has 0 aliphatic carbocycles. The van der Waals surface area contributed by atoms with Crippen molar-refractivity contribution in [2.24, 2.45) is 5.92 Å². The summed E-state index contributed by atoms with van der Waals surface area (Å²) in [5.74, 6) is -0.168. The lowest BCUT2D eigenvalue weighted by Gasteiger charge is -2.21. The molecule has 5 heteroatoms. The first-order valence-electron chi connectivity index (χ1n) is 6.97. The van der Waals surface area contributed by atoms with Crippen LogP contribution < -0.4 is 10.1 Å². The van der Waals surface area contributed by atoms with Crippen LogP contribution in [-0.2, 0) is 16.0 Å². The highest BCUT2D eigenvalue weighted by Crippen LogP contribution is 2.14. The first kappa shape index (κ1) is 17.0. The Bertz CT molecular complexity index is 492. The minimum Gasteiger partial charge on any atom is -0.493 e. The number of hydrogen-bond donors (Lipinski definition) is 2. The minimum atomic E-state index is -1.27. The molecule has 5 nitrogen and oxygen atoms in total. The van der Waals surface area contributed by atoms with E-state index in [9.17, 15) is 9.59 Å². The molecule has 0 aromatic heterocycles. The molecule has 0 bridgehead atoms. The van der Waals surface area contributed by atoms with Crippen LogP contribution in [-0.4, -0.2) is 29.1 Å². The smallest absolute Gasteiger partial charge is 0.328 e. The predicted octanol–water partition coefficient (Wildman–Crippen LogP) is 2.24. The molecule has 0 fully saturated rings. The van der Waals surface area contributed by atoms with Gasteiger partial charge in [-0.3, -0.25) is 4.79 Å². The topological polar surface area (TPSA) is 75.6 Å². The molecular formula is C16H23NO4. The second-order valence-corrected chi connectivity index (χ2v) is 6.00. The van der Waals surface area contributed by atoms with Crippen molar-refractivity contribution in [2.75, 3.05) is 6.61 Å². The van der Waals surface area contributed by atoms with Gasteiger partial charge in [-0.1, -0.05) is 26.0 Å². The molecule has 0 heterocycles. The zero-order valence-electron chi connectivity index (χ0n) is 13.0. The minimum absolute atomic E-state index is 0.140. The van der Waals surface area contributed by atoms with Crippen molar-refractivity contribution < 1.29 is 19.4 Å². The number of rotatable bonds is 7. The fraction of sp³-hybridized carbons (Fsp3) is 0.500. The number of benzene rings is 1. The van der Waals surface area contributed by atoms with Crippen LogP contribution in [0.5, 0.6) is 5.75 Å². The number of carbonyl (C=O) groups is 2. The molecular weight excluding hydrogens is 270 g/mol. The van der Waals surface area contributed by atoms with Crippen LogP contribution in [0.25, 0.3) is 0 Å². The highest BCUT2D eigenvalue weighted by atomic mass is 16.5. The van der Waals surface area contributed by atoms with E-state index in [2.05, 4.69) is 19.2 Å². The standard InChI is InChI=1S/C16H23NO4/c1-11(2)10-21-13-7-5-12(6-8-13)9-14(18)17-16(3,4)15(19)20/h5-8,11H,9-10H2,1-4H3,(H,17,18)(H,19,20). The van der Waals surface area contributed by atoms with Gasteiger partial charge in [0, 0.05) is 0 Å². The molecule has 2 N–H and O–H groups in total. The summed E-state index contributed by atoms with van der Waals surface area (Å²) in [6.07, 6.45) is 0.140. The summed E-state index contributed by atoms with van der Waals surface area (Å²) < 4.78 is 5.56. The van der Waals surface area contributed by atoms with Crippen molar-refractivity contribution >= 4 is 11.9 Å². The second-order valence-electron chi connectivity index (χ2n) is 6.00. The number of carbonyl (C=O) groups excluding carboxylic acids is 1. The molecule has 21 heavy (non-hydrogen) atoms. The number of ether oxygens (including phenoxy) is 1. The average molecular weight is 293 g/mol. The summed E-state index contributed by atoms with van der Waals surface area (Å²) in [7, 11) is 0. The summed E-state index contributed by atoms with van der Waals surface area (Å²) in [4.78, 5) is 22.8. The summed E-state index contributed by atoms with van der Waals surface area (Å²) >= 11 is 0. The van der Waals surface area contributed by atoms with Crippen molar-refractivity contribution in [3.8, 4) is 5.75 Å². The molecule has 116 valence electrons. The lowest BCUT2D eigenvalue weighted by molar-refractivity contribution is -0.145. The Morgan fingerprint density at radius 1 is 1.24 bits per heavy atom. The number of nitrogens with one attached hydrogen (secondary N) is 1. The van der Waals surface area contributed by atoms with Crippen molar-refractivity contribution in [1.29, 1.82) is 0 Å². The lowest BCUT2D eigenvalue weighted by atomic mass is 10.0. The molecule has 0 spiro atoms. The van der Waals surface area contributed by atoms with Crippen molar-refractivity contribution in [3.63, 3.8) is 0 Å². The third-order valence-electron chi connectivity index (χ3n) is 2.86. The third kappa shape index (κ3) is 5.85. The molecule has 1 aromatic carbocycles. The Hall–Kier alpha value is -2.04. The first-order chi connectivity index (χ1) is 9.70. The second kappa shape index (κ2) is 7.11. The van der Waals surface area contributed by atoms with E-state index < -0.39 is 11.5 Å². The van der Waals surface area contributed by atoms with Crippen LogP contribution in [0.2, 0.25) is 0 Å². The van der Waals surface area contributed by atoms with Crippen LogP contribution in [0, 0.1) is 5.92 Å². The summed E-state index contributed by atoms with van der Waals surface area (Å²) in [5.41, 5.74) is -0.456. The molecule has 1 amide bonds. The van der Waals surface area contributed by atoms with E-state index in [0.29, 0.717) is 12.5 Å². The Labute approximate surface area is 125 Å². The van der Waals surface area contributed by atoms with Crippen LogP contribution in [0.4, 0.5) is 0 Å². The Kier molecular flexibility index (Phi) is 5.76. The largest absolute Gasteiger partial charge is 0.493 e. The number of carboxylic acids is 1. The quantitative estimate of drug-likeness (QED) is 0.808. The van der Waals surface area contributed by atoms with E-state index in [4.69, 9.17) is 9.84 Å². The monoisotopic (exact) mass is 293 g/mol. The maximum atomic E-state index is 11.8. The highest BCUT2D eigenvalue weighted by Gasteiger charge is 2.28. The van der Waals surface area contributed by atoms with Crippen molar-refractivity contribution in [1.82, 2.24) is 5.32 Å². The Morgan fingerprint density at radius 2 is 1.81 bits per heavy atom. The van der Waals surface area contributed by atoms with E-state index in [1.807, 2.05) is 24.3 Å². The molecule has 0 atom stereocenters. The first-order valence-corrected chi connectivity index (χ1v) is 6.97. The van der Waals surface area contributed by atoms with E-state index in [0.717, 1.165) is 11.3 Å². The van der Waals surface area contributed by atoms with Gasteiger partial charge < -0.3 is 15.2 Å². The van der Waals surface area contributed by atoms with Gasteiger partial charge in [0.1, 0.15) is 11.3 Å². The fourth-order valence-electron chi connectivity index (χ4n) is 1.60. The van der Waals surface area contributed by atoms with Gasteiger partial charge in [-0.25, -0.2) is 4.79 Å². The van der Waals surface area contributed by atoms with Gasteiger partial charge in [-0.15, -0.1) is 0 Å². The summed E-state index contributed by atoms with van der Waals surface area (Å²) in [5, 5.41) is 11.5. The Morgan fingerprint density at radius 3 is 2.29 bits per heavy atom. The number of amides is 1. The maximum Gasteiger partial charge on any atom is 0.328 e. The predicted molar refractivity (Wildman–Crippen MR) is 80.3 cm³/mol. The number of carboxylic acid groups (broad SMARTS) is 1. The van der Waals surface area contributed by atoms with Gasteiger partial charge in [-0.05, 0) is 37.5 Å². The maximum absolute atomic E-state index is 11.8. The molecule has 0 saturated carbocycles. The van der Waals surface area contributed by atoms with Gasteiger partial charge in [0.25, 0.3) is 0 Å². The van der Waals surface area contributed by atoms with E-state index in [-0.39, 0.29) is 12.3 Å². The number of aliphatic carboxylic acids is 1. The molecule has 0 radical (unpaired) electrons. The SMILES string of the molecule is CC(C)COc1ccc(CC(=O)NC(C)(C)C(=O)O)cc1. The van der Waals surface area contributed by atoms with Crippen LogP contribution in [0.1, 0.15) is 33.3 Å². The van der Waals surface area contributed by atoms with Gasteiger partial charge in [-0.2, -0.15) is 0 Å². The van der Waals surface area contributed by atoms with E-state index in [1.165, 1.54) is 13.8 Å². The van der Waals surface area contributed by atoms with Crippen LogP contribution in [0.15, 0.2) is 24.3 Å². The van der Waals surface area contributed by atoms with E-state index >= 15 is 0 Å². The van der Waals surface area contributed by atoms with Crippen molar-refractivity contribution in [3.05, 3.63) is 29.8 Å². The molecule has 0 aliphatic rings. The van der Waals surface area contributed by atoms with Gasteiger partial charge >= 0.3 is 5.97 Å². The summed E-state index contributed by atoms with van der Waals surface area (Å²) in [6.45, 7) is 7.70. The van der Waals surface area contributed by atoms with Gasteiger partial charge in [0.2, 0.25) is 5.91 Å². The van der Waals surface area contributed by atoms with Crippen molar-refractivity contribution in [2.45, 2.75) is 39.7 Å². The molecule has 0 saturated heterocycles. The fourth-order valence-corrected chi connectivity index (χ4v) is 1.60. The third-order valence-corrected chi connectivity index (χ3v) is 2.86. The van der Waals surface area contributed by atoms with Crippen LogP contribution in [0.3, 0.4) is 0 Å². The molecule has 1 aromatic rings. The van der Waals surface area contributed by atoms with E-state index in [1.54, 1.807) is 0 Å². The molecule has 0 unspecified atom stereocenters. The average Bonchev–Trinajstić information content (AvgIpc) is 2.36. The lowest BCUT2D eigenvalue weighted by Crippen LogP contribution is -2.50. The van der Waals surface area contributed by atoms with Gasteiger partial charge in [0.05, 0.1) is 13.0 Å². The van der Waals surface area contributed by atoms with Crippen LogP contribution >= 0.6 is 0 Å². The van der Waals surface area contributed by atoms with Gasteiger partial charge in [0.15, 0.2) is 0 Å². The summed E-state index contributed by atoms with van der Waals surface area (Å²) in [6, 6.07) is 7.24. The molecule has 0 aliphatic heterocycles. The normalized spacial score (nSPS) is 11.3. The zero-order chi connectivity index (χ0) is 16.0. The highest BCUT2D eigenvalue weighted by molar-refractivity contribution is 5.87. The zero-order valence-corrected chi connectivity index (χ0v) is 13.0. The molecule has 1 rings (SSSR count).